The van der Waals surface area contributed by atoms with Crippen LogP contribution in [0.15, 0.2) is 24.3 Å². The molecule has 1 atom stereocenters. The van der Waals surface area contributed by atoms with Crippen LogP contribution in [0.25, 0.3) is 0 Å². The van der Waals surface area contributed by atoms with E-state index >= 15 is 0 Å². The van der Waals surface area contributed by atoms with Crippen LogP contribution in [0.3, 0.4) is 0 Å². The van der Waals surface area contributed by atoms with Crippen molar-refractivity contribution in [3.8, 4) is 5.75 Å². The molecule has 1 aliphatic heterocycles. The molecule has 0 unspecified atom stereocenters. The predicted molar refractivity (Wildman–Crippen MR) is 71.9 cm³/mol. The summed E-state index contributed by atoms with van der Waals surface area (Å²) in [5.41, 5.74) is 0.953. The number of ether oxygens (including phenoxy) is 1. The van der Waals surface area contributed by atoms with E-state index < -0.39 is 0 Å². The van der Waals surface area contributed by atoms with Crippen LogP contribution in [0.2, 0.25) is 0 Å². The van der Waals surface area contributed by atoms with Crippen molar-refractivity contribution in [3.63, 3.8) is 0 Å². The molecule has 0 saturated carbocycles. The van der Waals surface area contributed by atoms with Gasteiger partial charge in [0.25, 0.3) is 0 Å². The maximum Gasteiger partial charge on any atom is 0.141 e. The van der Waals surface area contributed by atoms with Gasteiger partial charge >= 0.3 is 0 Å². The molecule has 1 N–H and O–H groups in total. The number of Topliss-reactive ketones (excluding diaryl/α,β-unsaturated/α-hetero) is 1. The van der Waals surface area contributed by atoms with E-state index in [0.29, 0.717) is 12.2 Å². The third-order valence-corrected chi connectivity index (χ3v) is 3.93. The van der Waals surface area contributed by atoms with E-state index in [1.165, 1.54) is 5.56 Å². The number of rotatable bonds is 3. The fourth-order valence-corrected chi connectivity index (χ4v) is 2.46. The van der Waals surface area contributed by atoms with Gasteiger partial charge in [0.2, 0.25) is 0 Å². The normalized spacial score (nSPS) is 22.8. The minimum atomic E-state index is -0.280. The molecule has 0 amide bonds. The Bertz CT molecular complexity index is 423. The van der Waals surface area contributed by atoms with Crippen molar-refractivity contribution in [2.75, 3.05) is 13.7 Å². The highest BCUT2D eigenvalue weighted by Gasteiger charge is 2.38. The summed E-state index contributed by atoms with van der Waals surface area (Å²) in [6.45, 7) is 4.87. The summed E-state index contributed by atoms with van der Waals surface area (Å²) < 4.78 is 5.15. The standard InChI is InChI=1S/C15H21NO2/c1-15(2)13(16-9-8-14(15)17)10-11-4-6-12(18-3)7-5-11/h4-7,13,16H,8-10H2,1-3H3/t13-/m1/s1. The van der Waals surface area contributed by atoms with Gasteiger partial charge in [-0.25, -0.2) is 0 Å². The number of methoxy groups -OCH3 is 1. The van der Waals surface area contributed by atoms with Gasteiger partial charge in [0.05, 0.1) is 7.11 Å². The molecule has 2 rings (SSSR count). The fourth-order valence-electron chi connectivity index (χ4n) is 2.46. The Morgan fingerprint density at radius 1 is 1.33 bits per heavy atom. The molecular weight excluding hydrogens is 226 g/mol. The molecule has 3 nitrogen and oxygen atoms in total. The second-order valence-corrected chi connectivity index (χ2v) is 5.45. The zero-order valence-electron chi connectivity index (χ0n) is 11.3. The maximum absolute atomic E-state index is 12.0. The highest BCUT2D eigenvalue weighted by atomic mass is 16.5. The van der Waals surface area contributed by atoms with Gasteiger partial charge in [-0.15, -0.1) is 0 Å². The largest absolute Gasteiger partial charge is 0.497 e. The molecular formula is C15H21NO2. The second-order valence-electron chi connectivity index (χ2n) is 5.45. The lowest BCUT2D eigenvalue weighted by atomic mass is 9.74. The molecule has 1 aliphatic rings. The van der Waals surface area contributed by atoms with Crippen LogP contribution in [-0.2, 0) is 11.2 Å². The average Bonchev–Trinajstić information content (AvgIpc) is 2.36. The lowest BCUT2D eigenvalue weighted by molar-refractivity contribution is -0.130. The second kappa shape index (κ2) is 5.11. The van der Waals surface area contributed by atoms with E-state index in [9.17, 15) is 4.79 Å². The van der Waals surface area contributed by atoms with Crippen LogP contribution >= 0.6 is 0 Å². The summed E-state index contributed by atoms with van der Waals surface area (Å²) in [7, 11) is 1.67. The molecule has 1 heterocycles. The minimum Gasteiger partial charge on any atom is -0.497 e. The summed E-state index contributed by atoms with van der Waals surface area (Å²) in [5, 5.41) is 3.46. The van der Waals surface area contributed by atoms with Crippen LogP contribution < -0.4 is 10.1 Å². The lowest BCUT2D eigenvalue weighted by Crippen LogP contribution is -2.53. The van der Waals surface area contributed by atoms with Crippen LogP contribution in [0.1, 0.15) is 25.8 Å². The topological polar surface area (TPSA) is 38.3 Å². The van der Waals surface area contributed by atoms with Gasteiger partial charge in [-0.2, -0.15) is 0 Å². The molecule has 1 aromatic rings. The Balaban J connectivity index is 2.09. The molecule has 0 bridgehead atoms. The number of benzene rings is 1. The molecule has 98 valence electrons. The van der Waals surface area contributed by atoms with E-state index in [2.05, 4.69) is 17.4 Å². The third kappa shape index (κ3) is 2.56. The van der Waals surface area contributed by atoms with E-state index in [0.717, 1.165) is 18.7 Å². The maximum atomic E-state index is 12.0. The summed E-state index contributed by atoms with van der Waals surface area (Å²) >= 11 is 0. The van der Waals surface area contributed by atoms with E-state index in [4.69, 9.17) is 4.74 Å². The fraction of sp³-hybridized carbons (Fsp3) is 0.533. The first-order chi connectivity index (χ1) is 8.54. The van der Waals surface area contributed by atoms with Crippen LogP contribution in [0.5, 0.6) is 5.75 Å². The van der Waals surface area contributed by atoms with Crippen molar-refractivity contribution in [2.24, 2.45) is 5.41 Å². The zero-order chi connectivity index (χ0) is 13.2. The highest BCUT2D eigenvalue weighted by molar-refractivity contribution is 5.85. The van der Waals surface area contributed by atoms with Gasteiger partial charge in [-0.1, -0.05) is 26.0 Å². The minimum absolute atomic E-state index is 0.215. The molecule has 1 aromatic carbocycles. The summed E-state index contributed by atoms with van der Waals surface area (Å²) in [5.74, 6) is 1.23. The van der Waals surface area contributed by atoms with Gasteiger partial charge in [-0.3, -0.25) is 4.79 Å². The first-order valence-corrected chi connectivity index (χ1v) is 6.43. The van der Waals surface area contributed by atoms with Crippen LogP contribution in [0, 0.1) is 5.41 Å². The van der Waals surface area contributed by atoms with Gasteiger partial charge < -0.3 is 10.1 Å². The lowest BCUT2D eigenvalue weighted by Gasteiger charge is -2.38. The smallest absolute Gasteiger partial charge is 0.141 e. The van der Waals surface area contributed by atoms with Crippen molar-refractivity contribution < 1.29 is 9.53 Å². The zero-order valence-corrected chi connectivity index (χ0v) is 11.3. The van der Waals surface area contributed by atoms with Gasteiger partial charge in [0.15, 0.2) is 0 Å². The molecule has 0 radical (unpaired) electrons. The number of carbonyl (C=O) groups excluding carboxylic acids is 1. The number of ketones is 1. The summed E-state index contributed by atoms with van der Waals surface area (Å²) in [6, 6.07) is 8.28. The SMILES string of the molecule is COc1ccc(C[C@H]2NCCC(=O)C2(C)C)cc1. The van der Waals surface area contributed by atoms with Gasteiger partial charge in [0.1, 0.15) is 11.5 Å². The number of carbonyl (C=O) groups is 1. The van der Waals surface area contributed by atoms with Crippen molar-refractivity contribution >= 4 is 5.78 Å². The van der Waals surface area contributed by atoms with Crippen molar-refractivity contribution in [3.05, 3.63) is 29.8 Å². The van der Waals surface area contributed by atoms with Crippen LogP contribution in [0.4, 0.5) is 0 Å². The Kier molecular flexibility index (Phi) is 3.71. The molecule has 1 fully saturated rings. The van der Waals surface area contributed by atoms with E-state index in [1.54, 1.807) is 7.11 Å². The Morgan fingerprint density at radius 3 is 2.61 bits per heavy atom. The number of nitrogens with one attached hydrogen (secondary N) is 1. The van der Waals surface area contributed by atoms with Crippen molar-refractivity contribution in [1.29, 1.82) is 0 Å². The molecule has 0 aromatic heterocycles. The average molecular weight is 247 g/mol. The van der Waals surface area contributed by atoms with Crippen molar-refractivity contribution in [2.45, 2.75) is 32.7 Å². The number of hydrogen-bond acceptors (Lipinski definition) is 3. The van der Waals surface area contributed by atoms with E-state index in [-0.39, 0.29) is 11.5 Å². The van der Waals surface area contributed by atoms with E-state index in [1.807, 2.05) is 26.0 Å². The molecule has 3 heteroatoms. The molecule has 1 saturated heterocycles. The molecule has 0 spiro atoms. The summed E-state index contributed by atoms with van der Waals surface area (Å²) in [4.78, 5) is 12.0. The monoisotopic (exact) mass is 247 g/mol. The number of piperidine rings is 1. The van der Waals surface area contributed by atoms with Gasteiger partial charge in [0, 0.05) is 24.4 Å². The third-order valence-electron chi connectivity index (χ3n) is 3.93. The quantitative estimate of drug-likeness (QED) is 0.890. The summed E-state index contributed by atoms with van der Waals surface area (Å²) in [6.07, 6.45) is 1.52. The predicted octanol–water partition coefficient (Wildman–Crippen LogP) is 2.19. The van der Waals surface area contributed by atoms with Gasteiger partial charge in [-0.05, 0) is 24.1 Å². The first-order valence-electron chi connectivity index (χ1n) is 6.43. The number of hydrogen-bond donors (Lipinski definition) is 1. The first kappa shape index (κ1) is 13.1. The molecule has 0 aliphatic carbocycles. The Labute approximate surface area is 109 Å². The highest BCUT2D eigenvalue weighted by Crippen LogP contribution is 2.29. The Hall–Kier alpha value is -1.35. The Morgan fingerprint density at radius 2 is 2.00 bits per heavy atom. The van der Waals surface area contributed by atoms with Crippen LogP contribution in [-0.4, -0.2) is 25.5 Å². The van der Waals surface area contributed by atoms with Crippen molar-refractivity contribution in [1.82, 2.24) is 5.32 Å². The molecule has 18 heavy (non-hydrogen) atoms.